The van der Waals surface area contributed by atoms with Crippen LogP contribution in [0.2, 0.25) is 0 Å². The predicted octanol–water partition coefficient (Wildman–Crippen LogP) is 2.46. The Morgan fingerprint density at radius 3 is 2.21 bits per heavy atom. The zero-order chi connectivity index (χ0) is 10.8. The zero-order valence-electron chi connectivity index (χ0n) is 9.55. The molecule has 1 heterocycles. The summed E-state index contributed by atoms with van der Waals surface area (Å²) in [6.07, 6.45) is 3.67. The van der Waals surface area contributed by atoms with Crippen LogP contribution in [-0.4, -0.2) is 23.9 Å². The molecule has 0 aromatic rings. The average molecular weight is 195 g/mol. The Labute approximate surface area is 87.0 Å². The summed E-state index contributed by atoms with van der Waals surface area (Å²) in [4.78, 5) is 13.2. The van der Waals surface area contributed by atoms with Crippen molar-refractivity contribution in [2.45, 2.75) is 33.6 Å². The van der Waals surface area contributed by atoms with Crippen LogP contribution in [0.1, 0.15) is 33.6 Å². The van der Waals surface area contributed by atoms with Gasteiger partial charge in [-0.25, -0.2) is 0 Å². The highest BCUT2D eigenvalue weighted by molar-refractivity contribution is 5.87. The maximum atomic E-state index is 11.3. The minimum absolute atomic E-state index is 0.0809. The number of hydrogen-bond acceptors (Lipinski definition) is 1. The molecule has 2 heteroatoms. The maximum Gasteiger partial charge on any atom is 0.245 e. The van der Waals surface area contributed by atoms with Gasteiger partial charge in [0.15, 0.2) is 0 Å². The molecule has 0 radical (unpaired) electrons. The van der Waals surface area contributed by atoms with Crippen LogP contribution < -0.4 is 0 Å². The summed E-state index contributed by atoms with van der Waals surface area (Å²) in [6.45, 7) is 12.1. The topological polar surface area (TPSA) is 20.3 Å². The molecule has 14 heavy (non-hydrogen) atoms. The molecule has 80 valence electrons. The molecule has 0 aliphatic carbocycles. The van der Waals surface area contributed by atoms with Crippen LogP contribution in [0.25, 0.3) is 0 Å². The smallest absolute Gasteiger partial charge is 0.245 e. The quantitative estimate of drug-likeness (QED) is 0.589. The van der Waals surface area contributed by atoms with Crippen LogP contribution in [-0.2, 0) is 4.79 Å². The largest absolute Gasteiger partial charge is 0.339 e. The first-order chi connectivity index (χ1) is 6.45. The fraction of sp³-hybridized carbons (Fsp3) is 0.750. The first-order valence-corrected chi connectivity index (χ1v) is 5.36. The Morgan fingerprint density at radius 2 is 1.86 bits per heavy atom. The van der Waals surface area contributed by atoms with Gasteiger partial charge in [-0.1, -0.05) is 27.4 Å². The number of likely N-dealkylation sites (tertiary alicyclic amines) is 1. The van der Waals surface area contributed by atoms with E-state index in [1.165, 1.54) is 6.08 Å². The molecule has 1 rings (SSSR count). The molecule has 1 aliphatic heterocycles. The predicted molar refractivity (Wildman–Crippen MR) is 59.0 cm³/mol. The molecule has 1 amide bonds. The van der Waals surface area contributed by atoms with Gasteiger partial charge in [0.2, 0.25) is 5.91 Å². The van der Waals surface area contributed by atoms with E-state index in [0.717, 1.165) is 31.8 Å². The van der Waals surface area contributed by atoms with Crippen molar-refractivity contribution in [1.29, 1.82) is 0 Å². The van der Waals surface area contributed by atoms with E-state index in [2.05, 4.69) is 27.4 Å². The zero-order valence-corrected chi connectivity index (χ0v) is 9.55. The first-order valence-electron chi connectivity index (χ1n) is 5.36. The molecule has 0 N–H and O–H groups in total. The van der Waals surface area contributed by atoms with Crippen LogP contribution >= 0.6 is 0 Å². The number of hydrogen-bond donors (Lipinski definition) is 0. The normalized spacial score (nSPS) is 19.5. The van der Waals surface area contributed by atoms with Crippen LogP contribution in [0.5, 0.6) is 0 Å². The van der Waals surface area contributed by atoms with Gasteiger partial charge in [0.25, 0.3) is 0 Å². The van der Waals surface area contributed by atoms with Gasteiger partial charge in [0, 0.05) is 13.1 Å². The van der Waals surface area contributed by atoms with Crippen molar-refractivity contribution in [3.8, 4) is 0 Å². The van der Waals surface area contributed by atoms with Gasteiger partial charge in [0.05, 0.1) is 0 Å². The van der Waals surface area contributed by atoms with Crippen LogP contribution in [0.15, 0.2) is 12.7 Å². The van der Waals surface area contributed by atoms with Crippen molar-refractivity contribution in [3.63, 3.8) is 0 Å². The Morgan fingerprint density at radius 1 is 1.36 bits per heavy atom. The number of nitrogens with zero attached hydrogens (tertiary/aromatic N) is 1. The summed E-state index contributed by atoms with van der Waals surface area (Å²) >= 11 is 0. The second-order valence-corrected chi connectivity index (χ2v) is 5.17. The number of amides is 1. The third kappa shape index (κ3) is 2.60. The van der Waals surface area contributed by atoms with E-state index < -0.39 is 0 Å². The second-order valence-electron chi connectivity index (χ2n) is 5.17. The van der Waals surface area contributed by atoms with Gasteiger partial charge in [-0.2, -0.15) is 0 Å². The monoisotopic (exact) mass is 195 g/mol. The molecule has 0 atom stereocenters. The number of piperidine rings is 1. The lowest BCUT2D eigenvalue weighted by atomic mass is 9.75. The van der Waals surface area contributed by atoms with Gasteiger partial charge < -0.3 is 4.90 Å². The first kappa shape index (κ1) is 11.3. The number of carbonyl (C=O) groups is 1. The van der Waals surface area contributed by atoms with Crippen LogP contribution in [0.3, 0.4) is 0 Å². The van der Waals surface area contributed by atoms with Gasteiger partial charge >= 0.3 is 0 Å². The minimum atomic E-state index is 0.0809. The molecule has 0 aromatic heterocycles. The van der Waals surface area contributed by atoms with Crippen LogP contribution in [0.4, 0.5) is 0 Å². The Kier molecular flexibility index (Phi) is 3.35. The Balaban J connectivity index is 2.46. The van der Waals surface area contributed by atoms with Gasteiger partial charge in [-0.05, 0) is 30.3 Å². The Hall–Kier alpha value is -0.790. The van der Waals surface area contributed by atoms with E-state index in [4.69, 9.17) is 0 Å². The van der Waals surface area contributed by atoms with Gasteiger partial charge in [-0.15, -0.1) is 0 Å². The van der Waals surface area contributed by atoms with Crippen molar-refractivity contribution >= 4 is 5.91 Å². The van der Waals surface area contributed by atoms with Crippen LogP contribution in [0, 0.1) is 11.3 Å². The maximum absolute atomic E-state index is 11.3. The SMILES string of the molecule is C=CC(=O)N1CCC(C(C)(C)C)CC1. The second kappa shape index (κ2) is 4.16. The lowest BCUT2D eigenvalue weighted by molar-refractivity contribution is -0.127. The molecule has 1 aliphatic rings. The fourth-order valence-corrected chi connectivity index (χ4v) is 2.09. The van der Waals surface area contributed by atoms with Crippen molar-refractivity contribution < 1.29 is 4.79 Å². The summed E-state index contributed by atoms with van der Waals surface area (Å²) < 4.78 is 0. The molecular weight excluding hydrogens is 174 g/mol. The molecule has 1 saturated heterocycles. The van der Waals surface area contributed by atoms with E-state index >= 15 is 0 Å². The molecule has 0 spiro atoms. The van der Waals surface area contributed by atoms with Crippen molar-refractivity contribution in [3.05, 3.63) is 12.7 Å². The molecule has 0 bridgehead atoms. The molecule has 2 nitrogen and oxygen atoms in total. The molecular formula is C12H21NO. The summed E-state index contributed by atoms with van der Waals surface area (Å²) in [5.41, 5.74) is 0.378. The highest BCUT2D eigenvalue weighted by Crippen LogP contribution is 2.34. The van der Waals surface area contributed by atoms with E-state index in [-0.39, 0.29) is 5.91 Å². The van der Waals surface area contributed by atoms with E-state index in [1.807, 2.05) is 4.90 Å². The summed E-state index contributed by atoms with van der Waals surface area (Å²) in [5.74, 6) is 0.828. The third-order valence-corrected chi connectivity index (χ3v) is 3.21. The third-order valence-electron chi connectivity index (χ3n) is 3.21. The lowest BCUT2D eigenvalue weighted by Crippen LogP contribution is -2.40. The van der Waals surface area contributed by atoms with Crippen molar-refractivity contribution in [2.75, 3.05) is 13.1 Å². The minimum Gasteiger partial charge on any atom is -0.339 e. The van der Waals surface area contributed by atoms with E-state index in [9.17, 15) is 4.79 Å². The highest BCUT2D eigenvalue weighted by atomic mass is 16.2. The average Bonchev–Trinajstić information content (AvgIpc) is 2.15. The fourth-order valence-electron chi connectivity index (χ4n) is 2.09. The highest BCUT2D eigenvalue weighted by Gasteiger charge is 2.29. The molecule has 1 fully saturated rings. The number of rotatable bonds is 1. The van der Waals surface area contributed by atoms with Crippen molar-refractivity contribution in [2.24, 2.45) is 11.3 Å². The van der Waals surface area contributed by atoms with Crippen molar-refractivity contribution in [1.82, 2.24) is 4.90 Å². The van der Waals surface area contributed by atoms with Gasteiger partial charge in [-0.3, -0.25) is 4.79 Å². The summed E-state index contributed by atoms with van der Waals surface area (Å²) in [5, 5.41) is 0. The van der Waals surface area contributed by atoms with Gasteiger partial charge in [0.1, 0.15) is 0 Å². The summed E-state index contributed by atoms with van der Waals surface area (Å²) in [7, 11) is 0. The standard InChI is InChI=1S/C12H21NO/c1-5-11(14)13-8-6-10(7-9-13)12(2,3)4/h5,10H,1,6-9H2,2-4H3. The van der Waals surface area contributed by atoms with E-state index in [0.29, 0.717) is 5.41 Å². The molecule has 0 aromatic carbocycles. The molecule has 0 saturated carbocycles. The van der Waals surface area contributed by atoms with E-state index in [1.54, 1.807) is 0 Å². The summed E-state index contributed by atoms with van der Waals surface area (Å²) in [6, 6.07) is 0. The number of carbonyl (C=O) groups excluding carboxylic acids is 1. The Bertz CT molecular complexity index is 219. The molecule has 0 unspecified atom stereocenters. The lowest BCUT2D eigenvalue weighted by Gasteiger charge is -2.38.